The maximum Gasteiger partial charge on any atom is 0.149 e. The number of anilines is 1. The smallest absolute Gasteiger partial charge is 0.149 e. The second kappa shape index (κ2) is 5.12. The number of nitrogens with one attached hydrogen (secondary N) is 1. The Labute approximate surface area is 103 Å². The van der Waals surface area contributed by atoms with Crippen molar-refractivity contribution in [1.29, 1.82) is 0 Å². The van der Waals surface area contributed by atoms with Gasteiger partial charge in [0.15, 0.2) is 0 Å². The van der Waals surface area contributed by atoms with Crippen molar-refractivity contribution in [2.75, 3.05) is 5.32 Å². The molecule has 0 heterocycles. The molecule has 2 rings (SSSR count). The molecule has 1 N–H and O–H groups in total. The van der Waals surface area contributed by atoms with Gasteiger partial charge >= 0.3 is 0 Å². The van der Waals surface area contributed by atoms with E-state index in [2.05, 4.69) is 5.32 Å². The van der Waals surface area contributed by atoms with E-state index in [-0.39, 0.29) is 18.0 Å². The molecule has 1 nitrogen and oxygen atoms in total. The highest BCUT2D eigenvalue weighted by molar-refractivity contribution is 5.46. The van der Waals surface area contributed by atoms with Gasteiger partial charge in [-0.2, -0.15) is 0 Å². The molecule has 0 amide bonds. The van der Waals surface area contributed by atoms with Crippen LogP contribution in [0.2, 0.25) is 0 Å². The molecule has 0 aliphatic carbocycles. The van der Waals surface area contributed by atoms with Crippen molar-refractivity contribution in [3.05, 3.63) is 65.0 Å². The fraction of sp³-hybridized carbons (Fsp3) is 0.143. The molecule has 0 atom stereocenters. The molecular weight excluding hydrogens is 239 g/mol. The first-order chi connectivity index (χ1) is 8.58. The van der Waals surface area contributed by atoms with Crippen LogP contribution in [0, 0.1) is 24.4 Å². The Bertz CT molecular complexity index is 547. The summed E-state index contributed by atoms with van der Waals surface area (Å²) in [5.74, 6) is -1.58. The first-order valence-corrected chi connectivity index (χ1v) is 5.51. The molecule has 94 valence electrons. The number of benzene rings is 2. The molecule has 4 heteroatoms. The van der Waals surface area contributed by atoms with Crippen molar-refractivity contribution < 1.29 is 13.2 Å². The minimum absolute atomic E-state index is 0.167. The zero-order chi connectivity index (χ0) is 13.1. The maximum atomic E-state index is 13.3. The summed E-state index contributed by atoms with van der Waals surface area (Å²) in [5.41, 5.74) is 1.10. The van der Waals surface area contributed by atoms with Gasteiger partial charge in [-0.25, -0.2) is 13.2 Å². The van der Waals surface area contributed by atoms with Crippen LogP contribution in [0.1, 0.15) is 11.1 Å². The summed E-state index contributed by atoms with van der Waals surface area (Å²) in [7, 11) is 0. The highest BCUT2D eigenvalue weighted by Crippen LogP contribution is 2.19. The normalized spacial score (nSPS) is 10.4. The second-order valence-electron chi connectivity index (χ2n) is 4.03. The van der Waals surface area contributed by atoms with Crippen LogP contribution in [0.25, 0.3) is 0 Å². The van der Waals surface area contributed by atoms with Crippen LogP contribution in [0.15, 0.2) is 36.4 Å². The lowest BCUT2D eigenvalue weighted by atomic mass is 10.1. The van der Waals surface area contributed by atoms with E-state index >= 15 is 0 Å². The van der Waals surface area contributed by atoms with E-state index < -0.39 is 11.6 Å². The summed E-state index contributed by atoms with van der Waals surface area (Å²) in [6, 6.07) is 8.22. The summed E-state index contributed by atoms with van der Waals surface area (Å²) in [6.07, 6.45) is 0. The van der Waals surface area contributed by atoms with Crippen LogP contribution in [0.5, 0.6) is 0 Å². The molecule has 2 aromatic carbocycles. The lowest BCUT2D eigenvalue weighted by Crippen LogP contribution is -2.04. The quantitative estimate of drug-likeness (QED) is 0.868. The fourth-order valence-corrected chi connectivity index (χ4v) is 1.67. The van der Waals surface area contributed by atoms with Gasteiger partial charge in [0.1, 0.15) is 23.1 Å². The third-order valence-corrected chi connectivity index (χ3v) is 2.65. The van der Waals surface area contributed by atoms with E-state index in [0.29, 0.717) is 5.56 Å². The summed E-state index contributed by atoms with van der Waals surface area (Å²) in [5, 5.41) is 2.67. The summed E-state index contributed by atoms with van der Waals surface area (Å²) >= 11 is 0. The van der Waals surface area contributed by atoms with Gasteiger partial charge in [-0.1, -0.05) is 18.2 Å². The molecule has 0 bridgehead atoms. The van der Waals surface area contributed by atoms with Gasteiger partial charge in [0.05, 0.1) is 0 Å². The highest BCUT2D eigenvalue weighted by Gasteiger charge is 2.07. The third kappa shape index (κ3) is 2.64. The monoisotopic (exact) mass is 251 g/mol. The molecular formula is C14H12F3N. The second-order valence-corrected chi connectivity index (χ2v) is 4.03. The Kier molecular flexibility index (Phi) is 3.55. The Morgan fingerprint density at radius 2 is 1.61 bits per heavy atom. The van der Waals surface area contributed by atoms with E-state index in [0.717, 1.165) is 5.56 Å². The van der Waals surface area contributed by atoms with E-state index in [1.54, 1.807) is 19.1 Å². The third-order valence-electron chi connectivity index (χ3n) is 2.65. The zero-order valence-electron chi connectivity index (χ0n) is 9.81. The Morgan fingerprint density at radius 3 is 2.22 bits per heavy atom. The van der Waals surface area contributed by atoms with Crippen molar-refractivity contribution in [3.63, 3.8) is 0 Å². The molecule has 0 spiro atoms. The lowest BCUT2D eigenvalue weighted by molar-refractivity contribution is 0.588. The first kappa shape index (κ1) is 12.5. The van der Waals surface area contributed by atoms with Crippen LogP contribution >= 0.6 is 0 Å². The zero-order valence-corrected chi connectivity index (χ0v) is 9.81. The van der Waals surface area contributed by atoms with Crippen LogP contribution in [0.3, 0.4) is 0 Å². The lowest BCUT2D eigenvalue weighted by Gasteiger charge is -2.09. The van der Waals surface area contributed by atoms with Gasteiger partial charge in [-0.3, -0.25) is 0 Å². The predicted octanol–water partition coefficient (Wildman–Crippen LogP) is 4.02. The van der Waals surface area contributed by atoms with Gasteiger partial charge in [0, 0.05) is 6.54 Å². The molecule has 0 aromatic heterocycles. The van der Waals surface area contributed by atoms with Crippen molar-refractivity contribution in [3.8, 4) is 0 Å². The first-order valence-electron chi connectivity index (χ1n) is 5.51. The average Bonchev–Trinajstić information content (AvgIpc) is 2.33. The Hall–Kier alpha value is -1.97. The van der Waals surface area contributed by atoms with Gasteiger partial charge < -0.3 is 5.32 Å². The minimum atomic E-state index is -0.645. The summed E-state index contributed by atoms with van der Waals surface area (Å²) < 4.78 is 39.7. The summed E-state index contributed by atoms with van der Waals surface area (Å²) in [6.45, 7) is 1.88. The van der Waals surface area contributed by atoms with Crippen molar-refractivity contribution >= 4 is 5.69 Å². The molecule has 18 heavy (non-hydrogen) atoms. The molecule has 0 saturated heterocycles. The molecule has 0 aliphatic rings. The average molecular weight is 251 g/mol. The largest absolute Gasteiger partial charge is 0.376 e. The van der Waals surface area contributed by atoms with Crippen molar-refractivity contribution in [2.24, 2.45) is 0 Å². The van der Waals surface area contributed by atoms with Crippen LogP contribution in [-0.4, -0.2) is 0 Å². The summed E-state index contributed by atoms with van der Waals surface area (Å²) in [4.78, 5) is 0. The minimum Gasteiger partial charge on any atom is -0.376 e. The highest BCUT2D eigenvalue weighted by atomic mass is 19.1. The SMILES string of the molecule is Cc1cc(CNc2c(F)cccc2F)ccc1F. The Balaban J connectivity index is 2.14. The predicted molar refractivity (Wildman–Crippen MR) is 64.8 cm³/mol. The van der Waals surface area contributed by atoms with E-state index in [4.69, 9.17) is 0 Å². The molecule has 0 saturated carbocycles. The number of aryl methyl sites for hydroxylation is 1. The van der Waals surface area contributed by atoms with Gasteiger partial charge in [0.25, 0.3) is 0 Å². The van der Waals surface area contributed by atoms with E-state index in [9.17, 15) is 13.2 Å². The van der Waals surface area contributed by atoms with Crippen molar-refractivity contribution in [1.82, 2.24) is 0 Å². The van der Waals surface area contributed by atoms with E-state index in [1.165, 1.54) is 24.3 Å². The standard InChI is InChI=1S/C14H12F3N/c1-9-7-10(5-6-11(9)15)8-18-14-12(16)3-2-4-13(14)17/h2-7,18H,8H2,1H3. The van der Waals surface area contributed by atoms with Crippen LogP contribution in [0.4, 0.5) is 18.9 Å². The Morgan fingerprint density at radius 1 is 0.944 bits per heavy atom. The van der Waals surface area contributed by atoms with Gasteiger partial charge in [-0.05, 0) is 36.2 Å². The van der Waals surface area contributed by atoms with Crippen LogP contribution < -0.4 is 5.32 Å². The number of rotatable bonds is 3. The number of halogens is 3. The number of hydrogen-bond acceptors (Lipinski definition) is 1. The fourth-order valence-electron chi connectivity index (χ4n) is 1.67. The van der Waals surface area contributed by atoms with E-state index in [1.807, 2.05) is 0 Å². The van der Waals surface area contributed by atoms with Crippen molar-refractivity contribution in [2.45, 2.75) is 13.5 Å². The molecule has 2 aromatic rings. The van der Waals surface area contributed by atoms with Gasteiger partial charge in [-0.15, -0.1) is 0 Å². The number of para-hydroxylation sites is 1. The van der Waals surface area contributed by atoms with Crippen LogP contribution in [-0.2, 0) is 6.54 Å². The topological polar surface area (TPSA) is 12.0 Å². The molecule has 0 aliphatic heterocycles. The van der Waals surface area contributed by atoms with Gasteiger partial charge in [0.2, 0.25) is 0 Å². The number of hydrogen-bond donors (Lipinski definition) is 1. The molecule has 0 radical (unpaired) electrons. The molecule has 0 fully saturated rings. The maximum absolute atomic E-state index is 13.3. The molecule has 0 unspecified atom stereocenters.